The van der Waals surface area contributed by atoms with E-state index in [9.17, 15) is 10.0 Å². The SMILES string of the molecule is Cc1ccccc1N(O)C(=O)c1ccco1. The van der Waals surface area contributed by atoms with Gasteiger partial charge in [0.25, 0.3) is 0 Å². The molecule has 4 heteroatoms. The zero-order valence-electron chi connectivity index (χ0n) is 8.75. The lowest BCUT2D eigenvalue weighted by Crippen LogP contribution is -2.27. The molecule has 2 rings (SSSR count). The van der Waals surface area contributed by atoms with Crippen LogP contribution in [-0.2, 0) is 0 Å². The van der Waals surface area contributed by atoms with E-state index in [-0.39, 0.29) is 5.76 Å². The standard InChI is InChI=1S/C12H11NO3/c1-9-5-2-3-6-10(9)13(15)12(14)11-7-4-8-16-11/h2-8,15H,1H3. The van der Waals surface area contributed by atoms with Gasteiger partial charge in [-0.15, -0.1) is 0 Å². The summed E-state index contributed by atoms with van der Waals surface area (Å²) in [4.78, 5) is 11.7. The summed E-state index contributed by atoms with van der Waals surface area (Å²) in [7, 11) is 0. The normalized spacial score (nSPS) is 10.1. The van der Waals surface area contributed by atoms with Gasteiger partial charge in [-0.25, -0.2) is 0 Å². The molecule has 1 aromatic carbocycles. The van der Waals surface area contributed by atoms with Gasteiger partial charge in [-0.1, -0.05) is 18.2 Å². The Hall–Kier alpha value is -2.07. The van der Waals surface area contributed by atoms with Crippen LogP contribution < -0.4 is 5.06 Å². The van der Waals surface area contributed by atoms with Crippen LogP contribution in [-0.4, -0.2) is 11.1 Å². The third kappa shape index (κ3) is 1.83. The number of para-hydroxylation sites is 1. The fourth-order valence-corrected chi connectivity index (χ4v) is 1.42. The van der Waals surface area contributed by atoms with Crippen LogP contribution in [0.2, 0.25) is 0 Å². The van der Waals surface area contributed by atoms with Crippen molar-refractivity contribution in [2.75, 3.05) is 5.06 Å². The summed E-state index contributed by atoms with van der Waals surface area (Å²) in [6, 6.07) is 10.2. The van der Waals surface area contributed by atoms with Crippen LogP contribution in [0.1, 0.15) is 16.1 Å². The number of carbonyl (C=O) groups excluding carboxylic acids is 1. The molecular weight excluding hydrogens is 206 g/mol. The number of hydroxylamine groups is 1. The number of carbonyl (C=O) groups is 1. The molecule has 16 heavy (non-hydrogen) atoms. The zero-order valence-corrected chi connectivity index (χ0v) is 8.75. The van der Waals surface area contributed by atoms with Crippen LogP contribution in [0, 0.1) is 6.92 Å². The van der Waals surface area contributed by atoms with Crippen molar-refractivity contribution in [1.82, 2.24) is 0 Å². The number of hydrogen-bond donors (Lipinski definition) is 1. The maximum atomic E-state index is 11.7. The molecule has 0 unspecified atom stereocenters. The minimum Gasteiger partial charge on any atom is -0.459 e. The van der Waals surface area contributed by atoms with Gasteiger partial charge in [0.1, 0.15) is 0 Å². The summed E-state index contributed by atoms with van der Waals surface area (Å²) in [5.74, 6) is -0.481. The zero-order chi connectivity index (χ0) is 11.5. The van der Waals surface area contributed by atoms with E-state index >= 15 is 0 Å². The number of aryl methyl sites for hydroxylation is 1. The van der Waals surface area contributed by atoms with E-state index in [0.717, 1.165) is 5.56 Å². The Kier molecular flexibility index (Phi) is 2.74. The quantitative estimate of drug-likeness (QED) is 0.621. The molecular formula is C12H11NO3. The summed E-state index contributed by atoms with van der Waals surface area (Å²) in [6.45, 7) is 1.81. The van der Waals surface area contributed by atoms with Crippen molar-refractivity contribution >= 4 is 11.6 Å². The molecule has 0 atom stereocenters. The van der Waals surface area contributed by atoms with Crippen LogP contribution in [0.15, 0.2) is 47.1 Å². The molecule has 1 heterocycles. The summed E-state index contributed by atoms with van der Waals surface area (Å²) in [5.41, 5.74) is 1.26. The third-order valence-corrected chi connectivity index (χ3v) is 2.27. The number of hydrogen-bond acceptors (Lipinski definition) is 3. The molecule has 2 aromatic rings. The van der Waals surface area contributed by atoms with Gasteiger partial charge in [-0.05, 0) is 30.7 Å². The van der Waals surface area contributed by atoms with Crippen LogP contribution in [0.25, 0.3) is 0 Å². The van der Waals surface area contributed by atoms with Crippen molar-refractivity contribution in [1.29, 1.82) is 0 Å². The topological polar surface area (TPSA) is 53.7 Å². The monoisotopic (exact) mass is 217 g/mol. The molecule has 0 aliphatic heterocycles. The van der Waals surface area contributed by atoms with Crippen molar-refractivity contribution in [3.8, 4) is 0 Å². The van der Waals surface area contributed by atoms with Crippen LogP contribution in [0.4, 0.5) is 5.69 Å². The van der Waals surface area contributed by atoms with E-state index in [4.69, 9.17) is 4.42 Å². The van der Waals surface area contributed by atoms with Gasteiger partial charge in [0.15, 0.2) is 5.76 Å². The number of rotatable bonds is 2. The van der Waals surface area contributed by atoms with Gasteiger partial charge in [0, 0.05) is 0 Å². The van der Waals surface area contributed by atoms with Gasteiger partial charge >= 0.3 is 5.91 Å². The van der Waals surface area contributed by atoms with Crippen molar-refractivity contribution in [3.63, 3.8) is 0 Å². The van der Waals surface area contributed by atoms with Crippen LogP contribution in [0.5, 0.6) is 0 Å². The second kappa shape index (κ2) is 4.20. The van der Waals surface area contributed by atoms with Gasteiger partial charge in [0.05, 0.1) is 12.0 Å². The first-order valence-electron chi connectivity index (χ1n) is 4.82. The van der Waals surface area contributed by atoms with Gasteiger partial charge < -0.3 is 4.42 Å². The smallest absolute Gasteiger partial charge is 0.317 e. The minimum absolute atomic E-state index is 0.103. The first kappa shape index (κ1) is 10.4. The molecule has 0 fully saturated rings. The van der Waals surface area contributed by atoms with Crippen LogP contribution >= 0.6 is 0 Å². The Morgan fingerprint density at radius 3 is 2.62 bits per heavy atom. The number of nitrogens with zero attached hydrogens (tertiary/aromatic N) is 1. The first-order chi connectivity index (χ1) is 7.70. The summed E-state index contributed by atoms with van der Waals surface area (Å²) >= 11 is 0. The molecule has 0 saturated heterocycles. The Morgan fingerprint density at radius 2 is 2.00 bits per heavy atom. The Morgan fingerprint density at radius 1 is 1.25 bits per heavy atom. The largest absolute Gasteiger partial charge is 0.459 e. The van der Waals surface area contributed by atoms with Gasteiger partial charge in [0.2, 0.25) is 0 Å². The van der Waals surface area contributed by atoms with Gasteiger partial charge in [-0.2, -0.15) is 5.06 Å². The number of furan rings is 1. The summed E-state index contributed by atoms with van der Waals surface area (Å²) in [5, 5.41) is 10.4. The highest BCUT2D eigenvalue weighted by Crippen LogP contribution is 2.19. The number of anilines is 1. The Bertz CT molecular complexity index is 491. The molecule has 82 valence electrons. The molecule has 0 bridgehead atoms. The second-order valence-corrected chi connectivity index (χ2v) is 3.38. The maximum Gasteiger partial charge on any atom is 0.317 e. The van der Waals surface area contributed by atoms with Crippen molar-refractivity contribution in [2.24, 2.45) is 0 Å². The molecule has 1 aromatic heterocycles. The van der Waals surface area contributed by atoms with E-state index in [0.29, 0.717) is 10.8 Å². The van der Waals surface area contributed by atoms with Crippen molar-refractivity contribution in [3.05, 3.63) is 54.0 Å². The average molecular weight is 217 g/mol. The lowest BCUT2D eigenvalue weighted by Gasteiger charge is -2.15. The summed E-state index contributed by atoms with van der Waals surface area (Å²) < 4.78 is 4.93. The molecule has 0 aliphatic carbocycles. The maximum absolute atomic E-state index is 11.7. The van der Waals surface area contributed by atoms with Crippen LogP contribution in [0.3, 0.4) is 0 Å². The Balaban J connectivity index is 2.30. The van der Waals surface area contributed by atoms with Crippen molar-refractivity contribution in [2.45, 2.75) is 6.92 Å². The molecule has 4 nitrogen and oxygen atoms in total. The van der Waals surface area contributed by atoms with E-state index in [1.807, 2.05) is 19.1 Å². The lowest BCUT2D eigenvalue weighted by molar-refractivity contribution is 0.0825. The lowest BCUT2D eigenvalue weighted by atomic mass is 10.2. The Labute approximate surface area is 92.7 Å². The van der Waals surface area contributed by atoms with E-state index in [2.05, 4.69) is 0 Å². The van der Waals surface area contributed by atoms with Crippen molar-refractivity contribution < 1.29 is 14.4 Å². The predicted octanol–water partition coefficient (Wildman–Crippen LogP) is 2.62. The minimum atomic E-state index is -0.584. The van der Waals surface area contributed by atoms with E-state index in [1.54, 1.807) is 18.2 Å². The highest BCUT2D eigenvalue weighted by Gasteiger charge is 2.19. The first-order valence-corrected chi connectivity index (χ1v) is 4.82. The van der Waals surface area contributed by atoms with Gasteiger partial charge in [-0.3, -0.25) is 10.0 Å². The molecule has 1 amide bonds. The molecule has 0 saturated carbocycles. The van der Waals surface area contributed by atoms with E-state index in [1.165, 1.54) is 12.3 Å². The predicted molar refractivity (Wildman–Crippen MR) is 58.5 cm³/mol. The molecule has 0 aliphatic rings. The summed E-state index contributed by atoms with van der Waals surface area (Å²) in [6.07, 6.45) is 1.39. The highest BCUT2D eigenvalue weighted by molar-refractivity contribution is 6.02. The van der Waals surface area contributed by atoms with E-state index < -0.39 is 5.91 Å². The second-order valence-electron chi connectivity index (χ2n) is 3.38. The fraction of sp³-hybridized carbons (Fsp3) is 0.0833. The highest BCUT2D eigenvalue weighted by atomic mass is 16.5. The number of benzene rings is 1. The molecule has 0 spiro atoms. The fourth-order valence-electron chi connectivity index (χ4n) is 1.42. The number of amides is 1. The average Bonchev–Trinajstić information content (AvgIpc) is 2.81. The molecule has 0 radical (unpaired) electrons. The molecule has 1 N–H and O–H groups in total. The third-order valence-electron chi connectivity index (χ3n) is 2.27.